The van der Waals surface area contributed by atoms with E-state index in [1.54, 1.807) is 6.92 Å². The second kappa shape index (κ2) is 5.35. The molecule has 7 atom stereocenters. The molecule has 0 spiro atoms. The smallest absolute Gasteiger partial charge is 0.346 e. The summed E-state index contributed by atoms with van der Waals surface area (Å²) in [5, 5.41) is 0. The van der Waals surface area contributed by atoms with Gasteiger partial charge in [0.25, 0.3) is 0 Å². The zero-order chi connectivity index (χ0) is 18.1. The zero-order valence-electron chi connectivity index (χ0n) is 15.7. The van der Waals surface area contributed by atoms with Gasteiger partial charge in [-0.05, 0) is 63.7 Å². The lowest BCUT2D eigenvalue weighted by molar-refractivity contribution is -0.408. The van der Waals surface area contributed by atoms with Crippen LogP contribution in [0.2, 0.25) is 0 Å². The summed E-state index contributed by atoms with van der Waals surface area (Å²) >= 11 is 0. The van der Waals surface area contributed by atoms with E-state index in [1.165, 1.54) is 6.92 Å². The summed E-state index contributed by atoms with van der Waals surface area (Å²) in [5.74, 6) is 0.247. The molecule has 0 radical (unpaired) electrons. The van der Waals surface area contributed by atoms with Gasteiger partial charge in [-0.25, -0.2) is 0 Å². The van der Waals surface area contributed by atoms with Gasteiger partial charge in [-0.15, -0.1) is 0 Å². The molecule has 2 aliphatic heterocycles. The van der Waals surface area contributed by atoms with Crippen LogP contribution in [-0.4, -0.2) is 23.7 Å². The minimum Gasteiger partial charge on any atom is -0.346 e. The second-order valence-corrected chi connectivity index (χ2v) is 9.39. The molecular weight excluding hydrogens is 317 g/mol. The SMILES string of the molecule is C[C@@H]1CC[C@H]2[C@@H](C)[C@](C)(C(F)(F)F)O[C@@H]3OC(C)(C)CCC1[C@]32C. The van der Waals surface area contributed by atoms with Gasteiger partial charge in [-0.1, -0.05) is 27.2 Å². The molecule has 1 unspecified atom stereocenters. The Kier molecular flexibility index (Phi) is 4.13. The van der Waals surface area contributed by atoms with Crippen molar-refractivity contribution < 1.29 is 22.6 Å². The van der Waals surface area contributed by atoms with Gasteiger partial charge in [0.1, 0.15) is 0 Å². The molecule has 1 aliphatic carbocycles. The van der Waals surface area contributed by atoms with Crippen LogP contribution in [0.4, 0.5) is 13.2 Å². The monoisotopic (exact) mass is 348 g/mol. The number of alkyl halides is 3. The highest BCUT2D eigenvalue weighted by Gasteiger charge is 2.69. The maximum Gasteiger partial charge on any atom is 0.417 e. The molecule has 0 bridgehead atoms. The van der Waals surface area contributed by atoms with E-state index in [4.69, 9.17) is 9.47 Å². The molecule has 0 N–H and O–H groups in total. The maximum atomic E-state index is 13.9. The van der Waals surface area contributed by atoms with E-state index >= 15 is 0 Å². The predicted molar refractivity (Wildman–Crippen MR) is 86.4 cm³/mol. The Hall–Kier alpha value is -0.290. The van der Waals surface area contributed by atoms with Gasteiger partial charge < -0.3 is 9.47 Å². The molecular formula is C19H31F3O2. The third-order valence-electron chi connectivity index (χ3n) is 7.60. The van der Waals surface area contributed by atoms with E-state index in [9.17, 15) is 13.2 Å². The lowest BCUT2D eigenvalue weighted by Gasteiger charge is -2.62. The van der Waals surface area contributed by atoms with E-state index in [-0.39, 0.29) is 11.3 Å². The van der Waals surface area contributed by atoms with Gasteiger partial charge in [0.05, 0.1) is 5.60 Å². The average molecular weight is 348 g/mol. The van der Waals surface area contributed by atoms with Crippen LogP contribution in [-0.2, 0) is 9.47 Å². The number of hydrogen-bond acceptors (Lipinski definition) is 2. The van der Waals surface area contributed by atoms with E-state index in [1.807, 2.05) is 13.8 Å². The summed E-state index contributed by atoms with van der Waals surface area (Å²) in [4.78, 5) is 0. The third-order valence-corrected chi connectivity index (χ3v) is 7.60. The van der Waals surface area contributed by atoms with Crippen LogP contribution >= 0.6 is 0 Å². The number of ether oxygens (including phenoxy) is 2. The van der Waals surface area contributed by atoms with Gasteiger partial charge in [-0.2, -0.15) is 13.2 Å². The van der Waals surface area contributed by atoms with E-state index in [0.29, 0.717) is 11.8 Å². The van der Waals surface area contributed by atoms with Crippen LogP contribution in [0.1, 0.15) is 67.2 Å². The van der Waals surface area contributed by atoms with Crippen molar-refractivity contribution in [3.05, 3.63) is 0 Å². The molecule has 24 heavy (non-hydrogen) atoms. The topological polar surface area (TPSA) is 18.5 Å². The van der Waals surface area contributed by atoms with E-state index in [2.05, 4.69) is 13.8 Å². The molecule has 1 saturated carbocycles. The van der Waals surface area contributed by atoms with Crippen LogP contribution < -0.4 is 0 Å². The largest absolute Gasteiger partial charge is 0.417 e. The lowest BCUT2D eigenvalue weighted by atomic mass is 9.50. The van der Waals surface area contributed by atoms with Crippen molar-refractivity contribution in [1.29, 1.82) is 0 Å². The van der Waals surface area contributed by atoms with Crippen molar-refractivity contribution in [1.82, 2.24) is 0 Å². The first-order valence-electron chi connectivity index (χ1n) is 9.25. The van der Waals surface area contributed by atoms with Crippen molar-refractivity contribution in [3.8, 4) is 0 Å². The van der Waals surface area contributed by atoms with Crippen molar-refractivity contribution in [2.24, 2.45) is 29.1 Å². The van der Waals surface area contributed by atoms with Gasteiger partial charge in [0, 0.05) is 5.41 Å². The Morgan fingerprint density at radius 2 is 1.50 bits per heavy atom. The molecule has 2 nitrogen and oxygen atoms in total. The van der Waals surface area contributed by atoms with E-state index < -0.39 is 29.6 Å². The zero-order valence-corrected chi connectivity index (χ0v) is 15.7. The van der Waals surface area contributed by atoms with Crippen molar-refractivity contribution in [2.45, 2.75) is 90.9 Å². The Labute approximate surface area is 143 Å². The summed E-state index contributed by atoms with van der Waals surface area (Å²) in [6, 6.07) is 0. The van der Waals surface area contributed by atoms with Crippen LogP contribution in [0.25, 0.3) is 0 Å². The highest BCUT2D eigenvalue weighted by atomic mass is 19.4. The van der Waals surface area contributed by atoms with Crippen molar-refractivity contribution in [3.63, 3.8) is 0 Å². The minimum absolute atomic E-state index is 0.0297. The number of rotatable bonds is 0. The molecule has 0 amide bonds. The summed E-state index contributed by atoms with van der Waals surface area (Å²) in [6.07, 6.45) is -1.51. The minimum atomic E-state index is -4.40. The summed E-state index contributed by atoms with van der Waals surface area (Å²) < 4.78 is 53.6. The fraction of sp³-hybridized carbons (Fsp3) is 1.00. The highest BCUT2D eigenvalue weighted by molar-refractivity contribution is 5.09. The normalized spacial score (nSPS) is 51.6. The molecule has 3 fully saturated rings. The first-order valence-corrected chi connectivity index (χ1v) is 9.25. The summed E-state index contributed by atoms with van der Waals surface area (Å²) in [7, 11) is 0. The molecule has 3 aliphatic rings. The summed E-state index contributed by atoms with van der Waals surface area (Å²) in [5.41, 5.74) is -2.95. The van der Waals surface area contributed by atoms with E-state index in [0.717, 1.165) is 25.7 Å². The Morgan fingerprint density at radius 1 is 0.875 bits per heavy atom. The molecule has 140 valence electrons. The Bertz CT molecular complexity index is 503. The van der Waals surface area contributed by atoms with Crippen molar-refractivity contribution in [2.75, 3.05) is 0 Å². The third kappa shape index (κ3) is 2.45. The fourth-order valence-corrected chi connectivity index (χ4v) is 5.74. The molecule has 0 aromatic carbocycles. The van der Waals surface area contributed by atoms with Gasteiger partial charge in [0.2, 0.25) is 0 Å². The number of halogens is 3. The van der Waals surface area contributed by atoms with Crippen molar-refractivity contribution >= 4 is 0 Å². The molecule has 0 aromatic rings. The quantitative estimate of drug-likeness (QED) is 0.571. The Morgan fingerprint density at radius 3 is 2.08 bits per heavy atom. The van der Waals surface area contributed by atoms with Crippen LogP contribution in [0.5, 0.6) is 0 Å². The molecule has 5 heteroatoms. The molecule has 2 heterocycles. The lowest BCUT2D eigenvalue weighted by Crippen LogP contribution is -2.67. The maximum absolute atomic E-state index is 13.9. The standard InChI is InChI=1S/C19H31F3O2/c1-11-7-8-14-12(2)18(6,19(20,21)22)24-15-17(14,5)13(11)9-10-16(3,4)23-15/h11-15H,7-10H2,1-6H3/t11-,12-,13?,14+,15+,17+,18-/m1/s1. The van der Waals surface area contributed by atoms with Crippen LogP contribution in [0.3, 0.4) is 0 Å². The number of hydrogen-bond donors (Lipinski definition) is 0. The predicted octanol–water partition coefficient (Wildman–Crippen LogP) is 5.56. The highest BCUT2D eigenvalue weighted by Crippen LogP contribution is 2.64. The first-order chi connectivity index (χ1) is 10.8. The fourth-order valence-electron chi connectivity index (χ4n) is 5.74. The molecule has 0 aromatic heterocycles. The van der Waals surface area contributed by atoms with Gasteiger partial charge in [-0.3, -0.25) is 0 Å². The van der Waals surface area contributed by atoms with Crippen LogP contribution in [0.15, 0.2) is 0 Å². The summed E-state index contributed by atoms with van der Waals surface area (Å²) in [6.45, 7) is 11.2. The van der Waals surface area contributed by atoms with Gasteiger partial charge >= 0.3 is 6.18 Å². The van der Waals surface area contributed by atoms with Gasteiger partial charge in [0.15, 0.2) is 11.9 Å². The Balaban J connectivity index is 2.10. The first kappa shape index (κ1) is 18.5. The second-order valence-electron chi connectivity index (χ2n) is 9.39. The molecule has 3 rings (SSSR count). The molecule has 2 saturated heterocycles. The average Bonchev–Trinajstić information content (AvgIpc) is 2.52. The van der Waals surface area contributed by atoms with Crippen LogP contribution in [0, 0.1) is 29.1 Å².